The number of imide groups is 1. The van der Waals surface area contributed by atoms with Crippen LogP contribution in [0.4, 0.5) is 11.5 Å². The van der Waals surface area contributed by atoms with Crippen molar-refractivity contribution >= 4 is 23.3 Å². The van der Waals surface area contributed by atoms with Crippen molar-refractivity contribution in [2.45, 2.75) is 32.6 Å². The Labute approximate surface area is 111 Å². The number of fused-ring (bicyclic) bond motifs is 1. The summed E-state index contributed by atoms with van der Waals surface area (Å²) in [6.45, 7) is 1.85. The Kier molecular flexibility index (Phi) is 2.77. The lowest BCUT2D eigenvalue weighted by molar-refractivity contribution is -0.122. The van der Waals surface area contributed by atoms with E-state index in [4.69, 9.17) is 5.73 Å². The van der Waals surface area contributed by atoms with Crippen LogP contribution in [-0.2, 0) is 9.59 Å². The molecule has 2 N–H and O–H groups in total. The minimum atomic E-state index is -0.138. The van der Waals surface area contributed by atoms with E-state index in [-0.39, 0.29) is 23.7 Å². The molecule has 2 fully saturated rings. The van der Waals surface area contributed by atoms with E-state index < -0.39 is 0 Å². The zero-order chi connectivity index (χ0) is 13.6. The number of pyridine rings is 1. The van der Waals surface area contributed by atoms with Crippen LogP contribution in [0.2, 0.25) is 0 Å². The summed E-state index contributed by atoms with van der Waals surface area (Å²) in [4.78, 5) is 30.2. The van der Waals surface area contributed by atoms with E-state index in [0.29, 0.717) is 11.5 Å². The summed E-state index contributed by atoms with van der Waals surface area (Å²) in [7, 11) is 0. The molecular weight excluding hydrogens is 242 g/mol. The number of nitrogens with zero attached hydrogens (tertiary/aromatic N) is 2. The molecule has 1 aliphatic heterocycles. The fourth-order valence-corrected chi connectivity index (χ4v) is 3.06. The van der Waals surface area contributed by atoms with Crippen LogP contribution >= 0.6 is 0 Å². The lowest BCUT2D eigenvalue weighted by Crippen LogP contribution is -2.31. The number of aromatic nitrogens is 1. The predicted octanol–water partition coefficient (Wildman–Crippen LogP) is 1.65. The normalized spacial score (nSPS) is 26.7. The molecule has 1 saturated carbocycles. The second kappa shape index (κ2) is 4.33. The second-order valence-corrected chi connectivity index (χ2v) is 5.41. The monoisotopic (exact) mass is 259 g/mol. The molecule has 0 spiro atoms. The number of aryl methyl sites for hydroxylation is 1. The van der Waals surface area contributed by atoms with Gasteiger partial charge in [-0.15, -0.1) is 0 Å². The minimum absolute atomic E-state index is 0.0913. The SMILES string of the molecule is Cc1cc(N2C(=O)C3CCCCC3C2=O)ncc1N. The number of rotatable bonds is 1. The molecule has 5 nitrogen and oxygen atoms in total. The second-order valence-electron chi connectivity index (χ2n) is 5.41. The number of hydrogen-bond donors (Lipinski definition) is 1. The molecule has 2 atom stereocenters. The predicted molar refractivity (Wildman–Crippen MR) is 71.3 cm³/mol. The van der Waals surface area contributed by atoms with E-state index in [2.05, 4.69) is 4.98 Å². The van der Waals surface area contributed by atoms with Crippen molar-refractivity contribution in [1.29, 1.82) is 0 Å². The highest BCUT2D eigenvalue weighted by molar-refractivity contribution is 6.21. The van der Waals surface area contributed by atoms with Crippen LogP contribution in [0.3, 0.4) is 0 Å². The zero-order valence-corrected chi connectivity index (χ0v) is 10.9. The largest absolute Gasteiger partial charge is 0.397 e. The van der Waals surface area contributed by atoms with Crippen LogP contribution in [0, 0.1) is 18.8 Å². The fraction of sp³-hybridized carbons (Fsp3) is 0.500. The van der Waals surface area contributed by atoms with Crippen molar-refractivity contribution in [1.82, 2.24) is 4.98 Å². The Morgan fingerprint density at radius 3 is 2.32 bits per heavy atom. The number of amides is 2. The van der Waals surface area contributed by atoms with Gasteiger partial charge in [-0.3, -0.25) is 9.59 Å². The molecule has 0 aromatic carbocycles. The quantitative estimate of drug-likeness (QED) is 0.778. The molecule has 2 amide bonds. The van der Waals surface area contributed by atoms with E-state index in [1.165, 1.54) is 11.1 Å². The van der Waals surface area contributed by atoms with Crippen LogP contribution in [0.1, 0.15) is 31.2 Å². The Morgan fingerprint density at radius 2 is 1.79 bits per heavy atom. The smallest absolute Gasteiger partial charge is 0.238 e. The number of anilines is 2. The summed E-state index contributed by atoms with van der Waals surface area (Å²) in [6.07, 6.45) is 5.21. The number of carbonyl (C=O) groups is 2. The van der Waals surface area contributed by atoms with Gasteiger partial charge in [-0.2, -0.15) is 0 Å². The van der Waals surface area contributed by atoms with Gasteiger partial charge in [0, 0.05) is 0 Å². The maximum atomic E-state index is 12.4. The van der Waals surface area contributed by atoms with Crippen molar-refractivity contribution in [3.8, 4) is 0 Å². The third-order valence-electron chi connectivity index (χ3n) is 4.21. The Hall–Kier alpha value is -1.91. The van der Waals surface area contributed by atoms with Gasteiger partial charge in [0.2, 0.25) is 11.8 Å². The highest BCUT2D eigenvalue weighted by Crippen LogP contribution is 2.39. The van der Waals surface area contributed by atoms with Gasteiger partial charge in [0.1, 0.15) is 5.82 Å². The van der Waals surface area contributed by atoms with E-state index in [9.17, 15) is 9.59 Å². The van der Waals surface area contributed by atoms with Crippen molar-refractivity contribution in [2.75, 3.05) is 10.6 Å². The maximum absolute atomic E-state index is 12.4. The first-order valence-electron chi connectivity index (χ1n) is 6.69. The highest BCUT2D eigenvalue weighted by Gasteiger charge is 2.49. The van der Waals surface area contributed by atoms with E-state index >= 15 is 0 Å². The van der Waals surface area contributed by atoms with Crippen molar-refractivity contribution in [3.05, 3.63) is 17.8 Å². The first kappa shape index (κ1) is 12.1. The molecule has 2 unspecified atom stereocenters. The number of nitrogen functional groups attached to an aromatic ring is 1. The maximum Gasteiger partial charge on any atom is 0.238 e. The zero-order valence-electron chi connectivity index (χ0n) is 10.9. The molecule has 1 aliphatic carbocycles. The molecule has 1 saturated heterocycles. The Morgan fingerprint density at radius 1 is 1.21 bits per heavy atom. The average Bonchev–Trinajstić information content (AvgIpc) is 2.66. The summed E-state index contributed by atoms with van der Waals surface area (Å²) in [6, 6.07) is 1.71. The lowest BCUT2D eigenvalue weighted by atomic mass is 9.81. The molecule has 100 valence electrons. The minimum Gasteiger partial charge on any atom is -0.397 e. The molecule has 3 rings (SSSR count). The summed E-state index contributed by atoms with van der Waals surface area (Å²) in [5, 5.41) is 0. The van der Waals surface area contributed by atoms with E-state index in [1.807, 2.05) is 6.92 Å². The Balaban J connectivity index is 1.98. The summed E-state index contributed by atoms with van der Waals surface area (Å²) >= 11 is 0. The molecule has 1 aromatic heterocycles. The van der Waals surface area contributed by atoms with Gasteiger partial charge in [-0.25, -0.2) is 9.88 Å². The van der Waals surface area contributed by atoms with Crippen molar-refractivity contribution in [2.24, 2.45) is 11.8 Å². The van der Waals surface area contributed by atoms with Gasteiger partial charge in [-0.05, 0) is 31.4 Å². The van der Waals surface area contributed by atoms with Crippen molar-refractivity contribution in [3.63, 3.8) is 0 Å². The first-order valence-corrected chi connectivity index (χ1v) is 6.69. The molecule has 5 heteroatoms. The molecule has 19 heavy (non-hydrogen) atoms. The van der Waals surface area contributed by atoms with Gasteiger partial charge in [0.15, 0.2) is 0 Å². The molecule has 2 aliphatic rings. The first-order chi connectivity index (χ1) is 9.09. The summed E-state index contributed by atoms with van der Waals surface area (Å²) in [5.41, 5.74) is 7.13. The van der Waals surface area contributed by atoms with Gasteiger partial charge >= 0.3 is 0 Å². The number of nitrogens with two attached hydrogens (primary N) is 1. The molecule has 0 radical (unpaired) electrons. The van der Waals surface area contributed by atoms with Gasteiger partial charge in [0.05, 0.1) is 23.7 Å². The fourth-order valence-electron chi connectivity index (χ4n) is 3.06. The van der Waals surface area contributed by atoms with Gasteiger partial charge in [0.25, 0.3) is 0 Å². The van der Waals surface area contributed by atoms with Gasteiger partial charge < -0.3 is 5.73 Å². The molecule has 2 heterocycles. The molecule has 1 aromatic rings. The number of hydrogen-bond acceptors (Lipinski definition) is 4. The van der Waals surface area contributed by atoms with Crippen molar-refractivity contribution < 1.29 is 9.59 Å². The highest BCUT2D eigenvalue weighted by atomic mass is 16.2. The summed E-state index contributed by atoms with van der Waals surface area (Å²) < 4.78 is 0. The third kappa shape index (κ3) is 1.80. The van der Waals surface area contributed by atoms with Crippen LogP contribution in [0.25, 0.3) is 0 Å². The van der Waals surface area contributed by atoms with Crippen LogP contribution in [0.5, 0.6) is 0 Å². The summed E-state index contributed by atoms with van der Waals surface area (Å²) in [5.74, 6) is -0.0457. The van der Waals surface area contributed by atoms with Crippen LogP contribution in [-0.4, -0.2) is 16.8 Å². The van der Waals surface area contributed by atoms with Crippen LogP contribution < -0.4 is 10.6 Å². The Bertz CT molecular complexity index is 532. The topological polar surface area (TPSA) is 76.3 Å². The third-order valence-corrected chi connectivity index (χ3v) is 4.21. The van der Waals surface area contributed by atoms with Crippen LogP contribution in [0.15, 0.2) is 12.3 Å². The molecule has 0 bridgehead atoms. The van der Waals surface area contributed by atoms with E-state index in [1.54, 1.807) is 6.07 Å². The lowest BCUT2D eigenvalue weighted by Gasteiger charge is -2.19. The number of carbonyl (C=O) groups excluding carboxylic acids is 2. The van der Waals surface area contributed by atoms with Gasteiger partial charge in [-0.1, -0.05) is 12.8 Å². The molecular formula is C14H17N3O2. The standard InChI is InChI=1S/C14H17N3O2/c1-8-6-12(16-7-11(8)15)17-13(18)9-4-2-3-5-10(9)14(17)19/h6-7,9-10H,2-5,15H2,1H3. The average molecular weight is 259 g/mol. The van der Waals surface area contributed by atoms with E-state index in [0.717, 1.165) is 31.2 Å².